The zero-order valence-electron chi connectivity index (χ0n) is 15.4. The molecule has 0 aromatic rings. The summed E-state index contributed by atoms with van der Waals surface area (Å²) >= 11 is 0. The van der Waals surface area contributed by atoms with Crippen LogP contribution in [0.1, 0.15) is 46.0 Å². The predicted molar refractivity (Wildman–Crippen MR) is 98.7 cm³/mol. The molecule has 4 nitrogen and oxygen atoms in total. The van der Waals surface area contributed by atoms with Gasteiger partial charge in [0.25, 0.3) is 10.1 Å². The fraction of sp³-hybridized carbons (Fsp3) is 0.700. The third-order valence-electron chi connectivity index (χ3n) is 7.14. The molecule has 0 aliphatic heterocycles. The zero-order valence-corrected chi connectivity index (χ0v) is 16.2. The summed E-state index contributed by atoms with van der Waals surface area (Å²) in [7, 11) is -3.49. The normalized spacial score (nSPS) is 42.8. The molecule has 1 N–H and O–H groups in total. The molecule has 0 aromatic heterocycles. The number of fused-ring (bicyclic) bond motifs is 5. The molecular formula is C20H29NO3S. The van der Waals surface area contributed by atoms with Crippen molar-refractivity contribution in [3.63, 3.8) is 0 Å². The van der Waals surface area contributed by atoms with Crippen molar-refractivity contribution in [1.29, 1.82) is 0 Å². The number of hydroxylamine groups is 1. The molecule has 0 aromatic carbocycles. The van der Waals surface area contributed by atoms with Crippen LogP contribution in [0.15, 0.2) is 35.6 Å². The van der Waals surface area contributed by atoms with Crippen LogP contribution in [0.4, 0.5) is 0 Å². The van der Waals surface area contributed by atoms with Crippen LogP contribution in [0, 0.1) is 35.0 Å². The molecule has 4 rings (SSSR count). The van der Waals surface area contributed by atoms with Gasteiger partial charge in [-0.2, -0.15) is 12.7 Å². The second kappa shape index (κ2) is 5.98. The minimum atomic E-state index is -3.49. The highest BCUT2D eigenvalue weighted by Gasteiger charge is 2.52. The van der Waals surface area contributed by atoms with E-state index in [4.69, 9.17) is 4.28 Å². The van der Waals surface area contributed by atoms with Gasteiger partial charge in [0.2, 0.25) is 0 Å². The maximum Gasteiger partial charge on any atom is 0.284 e. The van der Waals surface area contributed by atoms with Crippen molar-refractivity contribution in [2.75, 3.05) is 6.26 Å². The molecule has 25 heavy (non-hydrogen) atoms. The van der Waals surface area contributed by atoms with Crippen molar-refractivity contribution < 1.29 is 12.7 Å². The van der Waals surface area contributed by atoms with Gasteiger partial charge >= 0.3 is 0 Å². The number of nitrogens with one attached hydrogen (secondary N) is 1. The molecule has 138 valence electrons. The fourth-order valence-electron chi connectivity index (χ4n) is 6.05. The quantitative estimate of drug-likeness (QED) is 0.609. The van der Waals surface area contributed by atoms with Crippen molar-refractivity contribution in [3.05, 3.63) is 35.6 Å². The van der Waals surface area contributed by atoms with Gasteiger partial charge in [-0.3, -0.25) is 0 Å². The first-order chi connectivity index (χ1) is 11.8. The molecule has 0 spiro atoms. The van der Waals surface area contributed by atoms with Crippen molar-refractivity contribution in [2.24, 2.45) is 35.0 Å². The molecule has 0 radical (unpaired) electrons. The Bertz CT molecular complexity index is 751. The van der Waals surface area contributed by atoms with Crippen LogP contribution in [0.3, 0.4) is 0 Å². The number of hydrogen-bond acceptors (Lipinski definition) is 4. The monoisotopic (exact) mass is 363 g/mol. The molecule has 4 aliphatic carbocycles. The second-order valence-corrected chi connectivity index (χ2v) is 10.5. The summed E-state index contributed by atoms with van der Waals surface area (Å²) in [5.74, 6) is 3.57. The second-order valence-electron chi connectivity index (χ2n) is 8.88. The Morgan fingerprint density at radius 1 is 1.36 bits per heavy atom. The van der Waals surface area contributed by atoms with Crippen LogP contribution in [0.25, 0.3) is 0 Å². The minimum Gasteiger partial charge on any atom is -0.250 e. The summed E-state index contributed by atoms with van der Waals surface area (Å²) in [6.07, 6.45) is 16.2. The molecule has 0 amide bonds. The van der Waals surface area contributed by atoms with Gasteiger partial charge < -0.3 is 0 Å². The van der Waals surface area contributed by atoms with Crippen molar-refractivity contribution in [3.8, 4) is 0 Å². The molecule has 4 aliphatic rings. The lowest BCUT2D eigenvalue weighted by molar-refractivity contribution is -0.0117. The average Bonchev–Trinajstić information content (AvgIpc) is 2.93. The third kappa shape index (κ3) is 3.10. The fourth-order valence-corrected chi connectivity index (χ4v) is 6.30. The van der Waals surface area contributed by atoms with E-state index in [-0.39, 0.29) is 0 Å². The summed E-state index contributed by atoms with van der Waals surface area (Å²) in [6.45, 7) is 4.89. The molecular weight excluding hydrogens is 334 g/mol. The lowest BCUT2D eigenvalue weighted by Gasteiger charge is -2.54. The first-order valence-electron chi connectivity index (χ1n) is 9.49. The van der Waals surface area contributed by atoms with Crippen LogP contribution in [0.5, 0.6) is 0 Å². The highest BCUT2D eigenvalue weighted by Crippen LogP contribution is 2.61. The summed E-state index contributed by atoms with van der Waals surface area (Å²) in [5, 5.41) is 0. The van der Waals surface area contributed by atoms with Crippen molar-refractivity contribution in [1.82, 2.24) is 5.48 Å². The molecule has 0 unspecified atom stereocenters. The molecule has 5 heteroatoms. The number of hydrogen-bond donors (Lipinski definition) is 1. The van der Waals surface area contributed by atoms with Gasteiger partial charge in [0, 0.05) is 0 Å². The highest BCUT2D eigenvalue weighted by atomic mass is 32.2. The molecule has 2 saturated carbocycles. The van der Waals surface area contributed by atoms with Gasteiger partial charge in [0.1, 0.15) is 0 Å². The van der Waals surface area contributed by atoms with E-state index in [9.17, 15) is 8.42 Å². The minimum absolute atomic E-state index is 0.483. The van der Waals surface area contributed by atoms with Crippen molar-refractivity contribution >= 4 is 10.1 Å². The largest absolute Gasteiger partial charge is 0.284 e. The van der Waals surface area contributed by atoms with Crippen LogP contribution in [-0.2, 0) is 14.4 Å². The van der Waals surface area contributed by atoms with Crippen molar-refractivity contribution in [2.45, 2.75) is 46.0 Å². The zero-order chi connectivity index (χ0) is 17.8. The van der Waals surface area contributed by atoms with E-state index in [1.54, 1.807) is 0 Å². The molecule has 0 saturated heterocycles. The highest BCUT2D eigenvalue weighted by molar-refractivity contribution is 7.85. The van der Waals surface area contributed by atoms with E-state index in [0.717, 1.165) is 42.5 Å². The topological polar surface area (TPSA) is 55.4 Å². The van der Waals surface area contributed by atoms with Gasteiger partial charge in [0.05, 0.1) is 12.0 Å². The van der Waals surface area contributed by atoms with E-state index in [2.05, 4.69) is 43.6 Å². The van der Waals surface area contributed by atoms with Gasteiger partial charge in [-0.25, -0.2) is 5.48 Å². The third-order valence-corrected chi connectivity index (χ3v) is 7.53. The first-order valence-corrected chi connectivity index (χ1v) is 11.3. The first kappa shape index (κ1) is 17.3. The molecule has 0 bridgehead atoms. The lowest BCUT2D eigenvalue weighted by atomic mass is 9.50. The van der Waals surface area contributed by atoms with E-state index >= 15 is 0 Å². The summed E-state index contributed by atoms with van der Waals surface area (Å²) in [4.78, 5) is 0. The Labute approximate surface area is 151 Å². The lowest BCUT2D eigenvalue weighted by Crippen LogP contribution is -2.47. The Morgan fingerprint density at radius 2 is 2.16 bits per heavy atom. The van der Waals surface area contributed by atoms with E-state index < -0.39 is 10.1 Å². The molecule has 0 heterocycles. The SMILES string of the molecule is C[C@@H]1CC2=CC(NOS(C)(=O)=O)=CC[C@@H]2[C@H]2CC[C@]3(C)CC=C[C@H]3[C@@H]21. The van der Waals surface area contributed by atoms with Crippen LogP contribution in [0.2, 0.25) is 0 Å². The Kier molecular flexibility index (Phi) is 4.15. The molecule has 2 fully saturated rings. The van der Waals surface area contributed by atoms with Gasteiger partial charge in [-0.05, 0) is 73.2 Å². The predicted octanol–water partition coefficient (Wildman–Crippen LogP) is 3.95. The summed E-state index contributed by atoms with van der Waals surface area (Å²) in [6, 6.07) is 0. The summed E-state index contributed by atoms with van der Waals surface area (Å²) in [5.41, 5.74) is 5.35. The number of allylic oxidation sites excluding steroid dienone is 5. The standard InChI is InChI=1S/C20H29NO3S/c1-13-11-14-12-15(21-24-25(3,22)23)6-7-16(14)17-8-10-20(2)9-4-5-18(20)19(13)17/h4-6,12-13,16-19,21H,7-11H2,1-3H3/t13-,16+,17-,18+,19-,20+/m1/s1. The summed E-state index contributed by atoms with van der Waals surface area (Å²) < 4.78 is 27.1. The maximum absolute atomic E-state index is 11.2. The van der Waals surface area contributed by atoms with Crippen LogP contribution < -0.4 is 5.48 Å². The Hall–Kier alpha value is -1.07. The maximum atomic E-state index is 11.2. The van der Waals surface area contributed by atoms with E-state index in [0.29, 0.717) is 17.3 Å². The Morgan fingerprint density at radius 3 is 2.92 bits per heavy atom. The van der Waals surface area contributed by atoms with Crippen LogP contribution in [-0.4, -0.2) is 14.7 Å². The van der Waals surface area contributed by atoms with E-state index in [1.165, 1.54) is 24.8 Å². The van der Waals surface area contributed by atoms with Crippen LogP contribution >= 0.6 is 0 Å². The molecule has 6 atom stereocenters. The number of rotatable bonds is 3. The average molecular weight is 364 g/mol. The van der Waals surface area contributed by atoms with Gasteiger partial charge in [-0.1, -0.05) is 37.6 Å². The van der Waals surface area contributed by atoms with Gasteiger partial charge in [-0.15, -0.1) is 0 Å². The smallest absolute Gasteiger partial charge is 0.250 e. The van der Waals surface area contributed by atoms with Gasteiger partial charge in [0.15, 0.2) is 0 Å². The van der Waals surface area contributed by atoms with E-state index in [1.807, 2.05) is 0 Å². The Balaban J connectivity index is 1.54.